The molecule has 1 heterocycles. The molecule has 3 nitrogen and oxygen atoms in total. The fraction of sp³-hybridized carbons (Fsp3) is 0.562. The van der Waals surface area contributed by atoms with Crippen LogP contribution in [0.5, 0.6) is 0 Å². The van der Waals surface area contributed by atoms with Crippen LogP contribution in [-0.2, 0) is 4.74 Å². The Kier molecular flexibility index (Phi) is 4.57. The van der Waals surface area contributed by atoms with E-state index in [4.69, 9.17) is 10.00 Å². The molecule has 0 bridgehead atoms. The lowest BCUT2D eigenvalue weighted by Gasteiger charge is -2.29. The molecule has 1 aliphatic heterocycles. The van der Waals surface area contributed by atoms with Crippen molar-refractivity contribution in [2.75, 3.05) is 19.7 Å². The number of benzene rings is 1. The predicted molar refractivity (Wildman–Crippen MR) is 75.7 cm³/mol. The average Bonchev–Trinajstić information content (AvgIpc) is 2.70. The van der Waals surface area contributed by atoms with Crippen molar-refractivity contribution in [3.8, 4) is 6.07 Å². The van der Waals surface area contributed by atoms with E-state index in [1.54, 1.807) is 0 Å². The van der Waals surface area contributed by atoms with Crippen molar-refractivity contribution < 1.29 is 4.74 Å². The highest BCUT2D eigenvalue weighted by Crippen LogP contribution is 2.31. The maximum absolute atomic E-state index is 8.82. The number of hydrogen-bond acceptors (Lipinski definition) is 3. The smallest absolute Gasteiger partial charge is 0.0991 e. The molecular weight excluding hydrogens is 236 g/mol. The Labute approximate surface area is 115 Å². The quantitative estimate of drug-likeness (QED) is 0.906. The Morgan fingerprint density at radius 3 is 2.58 bits per heavy atom. The summed E-state index contributed by atoms with van der Waals surface area (Å²) in [4.78, 5) is 0. The van der Waals surface area contributed by atoms with Gasteiger partial charge >= 0.3 is 0 Å². The summed E-state index contributed by atoms with van der Waals surface area (Å²) < 4.78 is 6.11. The minimum atomic E-state index is 0.0905. The molecule has 1 saturated heterocycles. The molecule has 0 saturated carbocycles. The number of nitrogens with zero attached hydrogens (tertiary/aromatic N) is 1. The highest BCUT2D eigenvalue weighted by atomic mass is 16.5. The maximum atomic E-state index is 8.82. The summed E-state index contributed by atoms with van der Waals surface area (Å²) >= 11 is 0. The zero-order chi connectivity index (χ0) is 13.7. The van der Waals surface area contributed by atoms with Crippen molar-refractivity contribution in [1.29, 1.82) is 5.26 Å². The first-order valence-electron chi connectivity index (χ1n) is 7.05. The topological polar surface area (TPSA) is 45.0 Å². The number of ether oxygens (including phenoxy) is 1. The molecule has 102 valence electrons. The Balaban J connectivity index is 2.08. The summed E-state index contributed by atoms with van der Waals surface area (Å²) in [7, 11) is 0. The van der Waals surface area contributed by atoms with Gasteiger partial charge in [-0.1, -0.05) is 26.0 Å². The van der Waals surface area contributed by atoms with Crippen LogP contribution in [0.15, 0.2) is 24.3 Å². The fourth-order valence-electron chi connectivity index (χ4n) is 2.55. The van der Waals surface area contributed by atoms with Gasteiger partial charge in [-0.15, -0.1) is 0 Å². The summed E-state index contributed by atoms with van der Waals surface area (Å²) in [5.41, 5.74) is 2.11. The van der Waals surface area contributed by atoms with Gasteiger partial charge in [0.2, 0.25) is 0 Å². The summed E-state index contributed by atoms with van der Waals surface area (Å²) in [5.74, 6) is 0. The highest BCUT2D eigenvalue weighted by Gasteiger charge is 2.30. The Bertz CT molecular complexity index is 443. The van der Waals surface area contributed by atoms with Crippen molar-refractivity contribution in [2.24, 2.45) is 5.41 Å². The summed E-state index contributed by atoms with van der Waals surface area (Å²) in [6, 6.07) is 9.85. The van der Waals surface area contributed by atoms with E-state index in [0.29, 0.717) is 5.56 Å². The second kappa shape index (κ2) is 6.18. The van der Waals surface area contributed by atoms with Crippen LogP contribution >= 0.6 is 0 Å². The standard InChI is InChI=1S/C16H22N2O/c1-3-16(4-2)11-18-10-15(19-12-16)14-7-5-13(9-17)6-8-14/h5-8,15,18H,3-4,10-12H2,1-2H3. The Morgan fingerprint density at radius 2 is 2.00 bits per heavy atom. The van der Waals surface area contributed by atoms with E-state index < -0.39 is 0 Å². The zero-order valence-electron chi connectivity index (χ0n) is 11.8. The molecule has 0 aromatic heterocycles. The van der Waals surface area contributed by atoms with Crippen molar-refractivity contribution >= 4 is 0 Å². The van der Waals surface area contributed by atoms with Crippen LogP contribution in [0.2, 0.25) is 0 Å². The molecule has 2 rings (SSSR count). The molecule has 0 radical (unpaired) electrons. The molecule has 1 fully saturated rings. The fourth-order valence-corrected chi connectivity index (χ4v) is 2.55. The third-order valence-corrected chi connectivity index (χ3v) is 4.33. The third-order valence-electron chi connectivity index (χ3n) is 4.33. The van der Waals surface area contributed by atoms with Crippen LogP contribution in [0, 0.1) is 16.7 Å². The molecule has 1 unspecified atom stereocenters. The lowest BCUT2D eigenvalue weighted by atomic mass is 9.83. The largest absolute Gasteiger partial charge is 0.372 e. The SMILES string of the molecule is CCC1(CC)CNCC(c2ccc(C#N)cc2)OC1. The second-order valence-corrected chi connectivity index (χ2v) is 5.37. The van der Waals surface area contributed by atoms with Crippen LogP contribution in [0.3, 0.4) is 0 Å². The summed E-state index contributed by atoms with van der Waals surface area (Å²) in [6.45, 7) is 7.13. The van der Waals surface area contributed by atoms with E-state index in [0.717, 1.165) is 38.1 Å². The molecule has 0 aliphatic carbocycles. The van der Waals surface area contributed by atoms with Crippen LogP contribution < -0.4 is 5.32 Å². The van der Waals surface area contributed by atoms with E-state index in [9.17, 15) is 0 Å². The van der Waals surface area contributed by atoms with E-state index in [2.05, 4.69) is 25.2 Å². The molecule has 0 spiro atoms. The van der Waals surface area contributed by atoms with E-state index in [1.807, 2.05) is 24.3 Å². The highest BCUT2D eigenvalue weighted by molar-refractivity contribution is 5.32. The van der Waals surface area contributed by atoms with Crippen LogP contribution in [0.4, 0.5) is 0 Å². The molecule has 1 aliphatic rings. The van der Waals surface area contributed by atoms with Gasteiger partial charge in [-0.2, -0.15) is 5.26 Å². The van der Waals surface area contributed by atoms with E-state index >= 15 is 0 Å². The minimum Gasteiger partial charge on any atom is -0.372 e. The van der Waals surface area contributed by atoms with Gasteiger partial charge < -0.3 is 10.1 Å². The van der Waals surface area contributed by atoms with Gasteiger partial charge in [0.05, 0.1) is 24.3 Å². The molecule has 3 heteroatoms. The molecule has 1 atom stereocenters. The number of nitrogens with one attached hydrogen (secondary N) is 1. The number of nitriles is 1. The lowest BCUT2D eigenvalue weighted by molar-refractivity contribution is 0.0103. The van der Waals surface area contributed by atoms with E-state index in [1.165, 1.54) is 0 Å². The molecule has 1 aromatic carbocycles. The number of hydrogen-bond donors (Lipinski definition) is 1. The molecule has 0 amide bonds. The summed E-state index contributed by atoms with van der Waals surface area (Å²) in [5, 5.41) is 12.3. The molecule has 19 heavy (non-hydrogen) atoms. The van der Waals surface area contributed by atoms with E-state index in [-0.39, 0.29) is 11.5 Å². The lowest BCUT2D eigenvalue weighted by Crippen LogP contribution is -2.34. The van der Waals surface area contributed by atoms with Gasteiger partial charge in [0, 0.05) is 18.5 Å². The third kappa shape index (κ3) is 3.15. The first-order chi connectivity index (χ1) is 9.23. The Morgan fingerprint density at radius 1 is 1.32 bits per heavy atom. The van der Waals surface area contributed by atoms with Gasteiger partial charge in [0.15, 0.2) is 0 Å². The molecule has 1 N–H and O–H groups in total. The minimum absolute atomic E-state index is 0.0905. The first kappa shape index (κ1) is 14.0. The monoisotopic (exact) mass is 258 g/mol. The van der Waals surface area contributed by atoms with Crippen LogP contribution in [-0.4, -0.2) is 19.7 Å². The van der Waals surface area contributed by atoms with Gasteiger partial charge in [-0.3, -0.25) is 0 Å². The molecule has 1 aromatic rings. The zero-order valence-corrected chi connectivity index (χ0v) is 11.8. The first-order valence-corrected chi connectivity index (χ1v) is 7.05. The van der Waals surface area contributed by atoms with Crippen molar-refractivity contribution in [3.05, 3.63) is 35.4 Å². The van der Waals surface area contributed by atoms with Crippen LogP contribution in [0.1, 0.15) is 43.9 Å². The second-order valence-electron chi connectivity index (χ2n) is 5.37. The van der Waals surface area contributed by atoms with Crippen LogP contribution in [0.25, 0.3) is 0 Å². The van der Waals surface area contributed by atoms with Gasteiger partial charge in [0.25, 0.3) is 0 Å². The van der Waals surface area contributed by atoms with Crippen molar-refractivity contribution in [3.63, 3.8) is 0 Å². The van der Waals surface area contributed by atoms with Crippen molar-refractivity contribution in [1.82, 2.24) is 5.32 Å². The molecular formula is C16H22N2O. The number of rotatable bonds is 3. The predicted octanol–water partition coefficient (Wildman–Crippen LogP) is 3.03. The van der Waals surface area contributed by atoms with Gasteiger partial charge in [-0.25, -0.2) is 0 Å². The van der Waals surface area contributed by atoms with Crippen molar-refractivity contribution in [2.45, 2.75) is 32.8 Å². The summed E-state index contributed by atoms with van der Waals surface area (Å²) in [6.07, 6.45) is 2.36. The van der Waals surface area contributed by atoms with Gasteiger partial charge in [-0.05, 0) is 30.5 Å². The Hall–Kier alpha value is -1.37. The van der Waals surface area contributed by atoms with Gasteiger partial charge in [0.1, 0.15) is 0 Å². The average molecular weight is 258 g/mol. The maximum Gasteiger partial charge on any atom is 0.0991 e. The normalized spacial score (nSPS) is 22.5.